The number of hydrogen-bond donors (Lipinski definition) is 2. The number of piperidine rings is 1. The number of aliphatic imine (C=N–C) groups is 1. The van der Waals surface area contributed by atoms with Gasteiger partial charge in [0.1, 0.15) is 5.82 Å². The maximum Gasteiger partial charge on any atom is 0.191 e. The van der Waals surface area contributed by atoms with Gasteiger partial charge in [-0.3, -0.25) is 4.99 Å². The van der Waals surface area contributed by atoms with Crippen molar-refractivity contribution in [3.05, 3.63) is 24.4 Å². The lowest BCUT2D eigenvalue weighted by molar-refractivity contribution is -0.0855. The van der Waals surface area contributed by atoms with Gasteiger partial charge in [-0.2, -0.15) is 0 Å². The molecule has 2 N–H and O–H groups in total. The average molecular weight is 361 g/mol. The molecule has 2 saturated heterocycles. The minimum absolute atomic E-state index is 0.155. The Labute approximate surface area is 156 Å². The number of guanidine groups is 1. The van der Waals surface area contributed by atoms with Crippen LogP contribution in [-0.4, -0.2) is 69.6 Å². The van der Waals surface area contributed by atoms with Crippen molar-refractivity contribution >= 4 is 11.8 Å². The van der Waals surface area contributed by atoms with Crippen molar-refractivity contribution in [3.8, 4) is 0 Å². The molecule has 0 bridgehead atoms. The Hall–Kier alpha value is -1.86. The number of aromatic nitrogens is 1. The Morgan fingerprint density at radius 1 is 1.35 bits per heavy atom. The summed E-state index contributed by atoms with van der Waals surface area (Å²) in [6.07, 6.45) is 5.82. The molecule has 144 valence electrons. The molecular formula is C19H31N5O2. The van der Waals surface area contributed by atoms with Crippen LogP contribution in [0.1, 0.15) is 25.7 Å². The van der Waals surface area contributed by atoms with Crippen LogP contribution in [-0.2, 0) is 9.47 Å². The molecule has 2 aliphatic rings. The first kappa shape index (κ1) is 18.9. The molecule has 0 radical (unpaired) electrons. The summed E-state index contributed by atoms with van der Waals surface area (Å²) >= 11 is 0. The van der Waals surface area contributed by atoms with Gasteiger partial charge < -0.3 is 25.0 Å². The maximum atomic E-state index is 5.79. The van der Waals surface area contributed by atoms with Gasteiger partial charge in [0.05, 0.1) is 5.60 Å². The van der Waals surface area contributed by atoms with E-state index in [1.807, 2.05) is 25.4 Å². The Balaban J connectivity index is 1.45. The van der Waals surface area contributed by atoms with E-state index in [1.54, 1.807) is 7.11 Å². The van der Waals surface area contributed by atoms with Gasteiger partial charge >= 0.3 is 0 Å². The highest BCUT2D eigenvalue weighted by atomic mass is 16.5. The summed E-state index contributed by atoms with van der Waals surface area (Å²) in [5, 5.41) is 7.02. The molecule has 7 nitrogen and oxygen atoms in total. The molecule has 26 heavy (non-hydrogen) atoms. The SMILES string of the molecule is CN=C(NCC1(OC)CCOCC1)NC1CCN(c2ccccn2)CC1. The van der Waals surface area contributed by atoms with E-state index in [-0.39, 0.29) is 5.60 Å². The van der Waals surface area contributed by atoms with Crippen LogP contribution in [0.3, 0.4) is 0 Å². The number of nitrogens with one attached hydrogen (secondary N) is 2. The van der Waals surface area contributed by atoms with Gasteiger partial charge in [-0.05, 0) is 25.0 Å². The van der Waals surface area contributed by atoms with E-state index in [1.165, 1.54) is 0 Å². The van der Waals surface area contributed by atoms with Crippen LogP contribution in [0.5, 0.6) is 0 Å². The quantitative estimate of drug-likeness (QED) is 0.610. The minimum atomic E-state index is -0.155. The lowest BCUT2D eigenvalue weighted by atomic mass is 9.94. The van der Waals surface area contributed by atoms with Crippen LogP contribution >= 0.6 is 0 Å². The van der Waals surface area contributed by atoms with Crippen molar-refractivity contribution in [2.45, 2.75) is 37.3 Å². The molecule has 0 unspecified atom stereocenters. The van der Waals surface area contributed by atoms with Crippen LogP contribution in [0, 0.1) is 0 Å². The van der Waals surface area contributed by atoms with Gasteiger partial charge in [0.25, 0.3) is 0 Å². The van der Waals surface area contributed by atoms with Gasteiger partial charge in [0.2, 0.25) is 0 Å². The Morgan fingerprint density at radius 2 is 2.12 bits per heavy atom. The van der Waals surface area contributed by atoms with E-state index in [0.29, 0.717) is 6.04 Å². The predicted octanol–water partition coefficient (Wildman–Crippen LogP) is 1.41. The summed E-state index contributed by atoms with van der Waals surface area (Å²) in [7, 11) is 3.61. The summed E-state index contributed by atoms with van der Waals surface area (Å²) in [6, 6.07) is 6.50. The molecule has 3 heterocycles. The number of nitrogens with zero attached hydrogens (tertiary/aromatic N) is 3. The summed E-state index contributed by atoms with van der Waals surface area (Å²) < 4.78 is 11.3. The van der Waals surface area contributed by atoms with Crippen LogP contribution in [0.25, 0.3) is 0 Å². The molecule has 2 aliphatic heterocycles. The first-order chi connectivity index (χ1) is 12.7. The van der Waals surface area contributed by atoms with E-state index in [2.05, 4.69) is 31.6 Å². The van der Waals surface area contributed by atoms with E-state index in [9.17, 15) is 0 Å². The topological polar surface area (TPSA) is 71.0 Å². The summed E-state index contributed by atoms with van der Waals surface area (Å²) in [5.41, 5.74) is -0.155. The second-order valence-electron chi connectivity index (χ2n) is 7.02. The normalized spacial score (nSPS) is 21.5. The fourth-order valence-corrected chi connectivity index (χ4v) is 3.62. The second kappa shape index (κ2) is 9.19. The zero-order valence-corrected chi connectivity index (χ0v) is 15.9. The van der Waals surface area contributed by atoms with E-state index in [4.69, 9.17) is 9.47 Å². The molecule has 1 aromatic heterocycles. The van der Waals surface area contributed by atoms with Gasteiger partial charge in [-0.1, -0.05) is 6.07 Å². The van der Waals surface area contributed by atoms with Crippen LogP contribution in [0.2, 0.25) is 0 Å². The molecule has 7 heteroatoms. The lowest BCUT2D eigenvalue weighted by Gasteiger charge is -2.37. The number of hydrogen-bond acceptors (Lipinski definition) is 5. The molecule has 0 aromatic carbocycles. The summed E-state index contributed by atoms with van der Waals surface area (Å²) in [4.78, 5) is 11.2. The molecule has 0 aliphatic carbocycles. The van der Waals surface area contributed by atoms with Gasteiger partial charge in [-0.25, -0.2) is 4.98 Å². The fraction of sp³-hybridized carbons (Fsp3) is 0.684. The third-order valence-electron chi connectivity index (χ3n) is 5.45. The lowest BCUT2D eigenvalue weighted by Crippen LogP contribution is -2.53. The Bertz CT molecular complexity index is 567. The summed E-state index contributed by atoms with van der Waals surface area (Å²) in [5.74, 6) is 1.92. The highest BCUT2D eigenvalue weighted by molar-refractivity contribution is 5.80. The highest BCUT2D eigenvalue weighted by Crippen LogP contribution is 2.23. The van der Waals surface area contributed by atoms with Crippen LogP contribution in [0.15, 0.2) is 29.4 Å². The molecule has 1 aromatic rings. The molecule has 0 spiro atoms. The second-order valence-corrected chi connectivity index (χ2v) is 7.02. The van der Waals surface area contributed by atoms with Crippen molar-refractivity contribution in [2.75, 3.05) is 51.9 Å². The molecule has 0 amide bonds. The summed E-state index contributed by atoms with van der Waals surface area (Å²) in [6.45, 7) is 4.27. The van der Waals surface area contributed by atoms with Crippen molar-refractivity contribution in [3.63, 3.8) is 0 Å². The van der Waals surface area contributed by atoms with Gasteiger partial charge in [-0.15, -0.1) is 0 Å². The van der Waals surface area contributed by atoms with E-state index >= 15 is 0 Å². The molecule has 2 fully saturated rings. The molecular weight excluding hydrogens is 330 g/mol. The Kier molecular flexibility index (Phi) is 6.68. The maximum absolute atomic E-state index is 5.79. The third kappa shape index (κ3) is 4.86. The van der Waals surface area contributed by atoms with E-state index < -0.39 is 0 Å². The number of methoxy groups -OCH3 is 1. The third-order valence-corrected chi connectivity index (χ3v) is 5.45. The molecule has 3 rings (SSSR count). The standard InChI is InChI=1S/C19H31N5O2/c1-20-18(22-15-19(25-2)8-13-26-14-9-19)23-16-6-11-24(12-7-16)17-5-3-4-10-21-17/h3-5,10,16H,6-9,11-15H2,1-2H3,(H2,20,22,23). The highest BCUT2D eigenvalue weighted by Gasteiger charge is 2.32. The fourth-order valence-electron chi connectivity index (χ4n) is 3.62. The van der Waals surface area contributed by atoms with Crippen molar-refractivity contribution in [2.24, 2.45) is 4.99 Å². The molecule has 0 atom stereocenters. The van der Waals surface area contributed by atoms with Gasteiger partial charge in [0.15, 0.2) is 5.96 Å². The molecule has 0 saturated carbocycles. The zero-order valence-electron chi connectivity index (χ0n) is 15.9. The monoisotopic (exact) mass is 361 g/mol. The predicted molar refractivity (Wildman–Crippen MR) is 104 cm³/mol. The number of anilines is 1. The first-order valence-corrected chi connectivity index (χ1v) is 9.51. The first-order valence-electron chi connectivity index (χ1n) is 9.51. The van der Waals surface area contributed by atoms with Crippen LogP contribution in [0.4, 0.5) is 5.82 Å². The average Bonchev–Trinajstić information content (AvgIpc) is 2.73. The van der Waals surface area contributed by atoms with Crippen molar-refractivity contribution in [1.29, 1.82) is 0 Å². The Morgan fingerprint density at radius 3 is 2.73 bits per heavy atom. The van der Waals surface area contributed by atoms with Crippen molar-refractivity contribution < 1.29 is 9.47 Å². The zero-order chi connectivity index (χ0) is 18.2. The number of pyridine rings is 1. The van der Waals surface area contributed by atoms with E-state index in [0.717, 1.165) is 70.3 Å². The number of rotatable bonds is 5. The smallest absolute Gasteiger partial charge is 0.191 e. The largest absolute Gasteiger partial charge is 0.381 e. The number of ether oxygens (including phenoxy) is 2. The van der Waals surface area contributed by atoms with Crippen LogP contribution < -0.4 is 15.5 Å². The van der Waals surface area contributed by atoms with Crippen molar-refractivity contribution in [1.82, 2.24) is 15.6 Å². The minimum Gasteiger partial charge on any atom is -0.381 e. The van der Waals surface area contributed by atoms with Gasteiger partial charge in [0, 0.05) is 72.1 Å².